The van der Waals surface area contributed by atoms with E-state index in [1.165, 1.54) is 19.3 Å². The minimum Gasteiger partial charge on any atom is -0.286 e. The second-order valence-corrected chi connectivity index (χ2v) is 7.28. The van der Waals surface area contributed by atoms with Crippen LogP contribution in [0.2, 0.25) is 0 Å². The molecular formula is C18H19N. The number of hydrogen-bond acceptors (Lipinski definition) is 1. The Bertz CT molecular complexity index is 666. The average Bonchev–Trinajstić information content (AvgIpc) is 3.04. The predicted molar refractivity (Wildman–Crippen MR) is 77.8 cm³/mol. The van der Waals surface area contributed by atoms with Gasteiger partial charge in [0, 0.05) is 11.6 Å². The van der Waals surface area contributed by atoms with Gasteiger partial charge in [-0.05, 0) is 49.3 Å². The van der Waals surface area contributed by atoms with Gasteiger partial charge in [0.25, 0.3) is 0 Å². The van der Waals surface area contributed by atoms with Gasteiger partial charge in [0.2, 0.25) is 0 Å². The monoisotopic (exact) mass is 249 g/mol. The summed E-state index contributed by atoms with van der Waals surface area (Å²) in [5, 5.41) is 0. The van der Waals surface area contributed by atoms with Crippen molar-refractivity contribution >= 4 is 6.21 Å². The van der Waals surface area contributed by atoms with Gasteiger partial charge in [0.1, 0.15) is 0 Å². The largest absolute Gasteiger partial charge is 0.286 e. The Morgan fingerprint density at radius 2 is 1.95 bits per heavy atom. The summed E-state index contributed by atoms with van der Waals surface area (Å²) in [4.78, 5) is 4.88. The zero-order valence-corrected chi connectivity index (χ0v) is 11.6. The van der Waals surface area contributed by atoms with Crippen LogP contribution in [0.25, 0.3) is 0 Å². The lowest BCUT2D eigenvalue weighted by molar-refractivity contribution is 0.387. The third kappa shape index (κ3) is 0.852. The van der Waals surface area contributed by atoms with Crippen LogP contribution < -0.4 is 0 Å². The molecule has 0 saturated heterocycles. The van der Waals surface area contributed by atoms with Crippen molar-refractivity contribution in [3.63, 3.8) is 0 Å². The Kier molecular flexibility index (Phi) is 1.49. The van der Waals surface area contributed by atoms with Gasteiger partial charge in [-0.25, -0.2) is 0 Å². The number of rotatable bonds is 0. The molecule has 0 N–H and O–H groups in total. The van der Waals surface area contributed by atoms with Crippen LogP contribution in [0, 0.1) is 5.92 Å². The van der Waals surface area contributed by atoms with Crippen molar-refractivity contribution < 1.29 is 0 Å². The summed E-state index contributed by atoms with van der Waals surface area (Å²) >= 11 is 0. The van der Waals surface area contributed by atoms with E-state index in [1.807, 2.05) is 0 Å². The Hall–Kier alpha value is -1.37. The van der Waals surface area contributed by atoms with Crippen LogP contribution in [-0.4, -0.2) is 11.8 Å². The third-order valence-electron chi connectivity index (χ3n) is 6.23. The minimum atomic E-state index is 0.00483. The Balaban J connectivity index is 1.91. The summed E-state index contributed by atoms with van der Waals surface area (Å²) in [6.45, 7) is 4.56. The SMILES string of the molecule is CC1(C)N=CC23C1=C[C@]1(CCC[C@H]21)c1ccccc13. The van der Waals surface area contributed by atoms with E-state index in [0.717, 1.165) is 5.92 Å². The summed E-state index contributed by atoms with van der Waals surface area (Å²) < 4.78 is 0. The van der Waals surface area contributed by atoms with Crippen LogP contribution in [0.5, 0.6) is 0 Å². The molecule has 3 aliphatic carbocycles. The Labute approximate surface area is 114 Å². The van der Waals surface area contributed by atoms with Gasteiger partial charge in [-0.3, -0.25) is 4.99 Å². The molecule has 3 atom stereocenters. The molecule has 4 aliphatic rings. The first-order valence-corrected chi connectivity index (χ1v) is 7.51. The number of fused-ring (bicyclic) bond motifs is 1. The summed E-state index contributed by atoms with van der Waals surface area (Å²) in [5.41, 5.74) is 5.25. The molecule has 1 spiro atoms. The van der Waals surface area contributed by atoms with E-state index in [9.17, 15) is 0 Å². The van der Waals surface area contributed by atoms with Crippen molar-refractivity contribution in [3.8, 4) is 0 Å². The molecule has 2 bridgehead atoms. The maximum Gasteiger partial charge on any atom is 0.0769 e. The maximum absolute atomic E-state index is 4.88. The lowest BCUT2D eigenvalue weighted by Gasteiger charge is -2.32. The molecule has 1 heteroatoms. The van der Waals surface area contributed by atoms with E-state index in [-0.39, 0.29) is 11.0 Å². The highest BCUT2D eigenvalue weighted by molar-refractivity contribution is 5.91. The molecule has 0 aromatic heterocycles. The molecule has 1 unspecified atom stereocenters. The average molecular weight is 249 g/mol. The normalized spacial score (nSPS) is 43.1. The molecule has 5 rings (SSSR count). The van der Waals surface area contributed by atoms with Crippen molar-refractivity contribution in [1.82, 2.24) is 0 Å². The van der Waals surface area contributed by atoms with Gasteiger partial charge in [-0.15, -0.1) is 0 Å². The topological polar surface area (TPSA) is 12.4 Å². The van der Waals surface area contributed by atoms with E-state index < -0.39 is 0 Å². The summed E-state index contributed by atoms with van der Waals surface area (Å²) in [7, 11) is 0. The number of allylic oxidation sites excluding steroid dienone is 1. The number of benzene rings is 1. The van der Waals surface area contributed by atoms with Crippen molar-refractivity contribution in [1.29, 1.82) is 0 Å². The van der Waals surface area contributed by atoms with Crippen molar-refractivity contribution in [3.05, 3.63) is 47.0 Å². The molecule has 0 amide bonds. The van der Waals surface area contributed by atoms with Gasteiger partial charge in [0.15, 0.2) is 0 Å². The van der Waals surface area contributed by atoms with E-state index in [4.69, 9.17) is 4.99 Å². The number of hydrogen-bond donors (Lipinski definition) is 0. The molecule has 1 saturated carbocycles. The van der Waals surface area contributed by atoms with Gasteiger partial charge in [0.05, 0.1) is 11.0 Å². The molecule has 96 valence electrons. The van der Waals surface area contributed by atoms with Crippen molar-refractivity contribution in [2.75, 3.05) is 0 Å². The van der Waals surface area contributed by atoms with Crippen LogP contribution >= 0.6 is 0 Å². The van der Waals surface area contributed by atoms with Gasteiger partial charge in [-0.2, -0.15) is 0 Å². The fraction of sp³-hybridized carbons (Fsp3) is 0.500. The molecule has 1 nitrogen and oxygen atoms in total. The van der Waals surface area contributed by atoms with Crippen molar-refractivity contribution in [2.45, 2.75) is 49.5 Å². The van der Waals surface area contributed by atoms with Gasteiger partial charge >= 0.3 is 0 Å². The fourth-order valence-electron chi connectivity index (χ4n) is 5.63. The lowest BCUT2D eigenvalue weighted by Crippen LogP contribution is -2.34. The standard InChI is InChI=1S/C18H19N/c1-16(2)15-10-17-9-5-8-14(17)18(15,11-19-16)13-7-4-3-6-12(13)17/h3-4,6-7,10-11,14H,5,8-9H2,1-2H3/t14-,17+,18?/m0/s1. The van der Waals surface area contributed by atoms with Crippen LogP contribution in [0.1, 0.15) is 44.2 Å². The summed E-state index contributed by atoms with van der Waals surface area (Å²) in [5.74, 6) is 0.748. The fourth-order valence-corrected chi connectivity index (χ4v) is 5.63. The van der Waals surface area contributed by atoms with Crippen LogP contribution in [-0.2, 0) is 10.8 Å². The maximum atomic E-state index is 4.88. The van der Waals surface area contributed by atoms with E-state index in [0.29, 0.717) is 5.41 Å². The third-order valence-corrected chi connectivity index (χ3v) is 6.23. The zero-order chi connectivity index (χ0) is 12.9. The number of nitrogens with zero attached hydrogens (tertiary/aromatic N) is 1. The highest BCUT2D eigenvalue weighted by atomic mass is 14.9. The number of aliphatic imine (C=N–C) groups is 1. The Morgan fingerprint density at radius 3 is 2.79 bits per heavy atom. The molecule has 1 aromatic rings. The van der Waals surface area contributed by atoms with Crippen LogP contribution in [0.15, 0.2) is 40.9 Å². The first kappa shape index (κ1) is 10.4. The highest BCUT2D eigenvalue weighted by Crippen LogP contribution is 2.71. The molecule has 1 fully saturated rings. The molecule has 1 aromatic carbocycles. The minimum absolute atomic E-state index is 0.00483. The smallest absolute Gasteiger partial charge is 0.0769 e. The van der Waals surface area contributed by atoms with E-state index in [1.54, 1.807) is 16.7 Å². The molecule has 1 heterocycles. The molecule has 1 aliphatic heterocycles. The highest BCUT2D eigenvalue weighted by Gasteiger charge is 2.69. The zero-order valence-electron chi connectivity index (χ0n) is 11.6. The Morgan fingerprint density at radius 1 is 1.16 bits per heavy atom. The van der Waals surface area contributed by atoms with Crippen LogP contribution in [0.4, 0.5) is 0 Å². The predicted octanol–water partition coefficient (Wildman–Crippen LogP) is 3.78. The van der Waals surface area contributed by atoms with E-state index in [2.05, 4.69) is 50.4 Å². The van der Waals surface area contributed by atoms with Gasteiger partial charge in [-0.1, -0.05) is 36.8 Å². The quantitative estimate of drug-likeness (QED) is 0.620. The molecular weight excluding hydrogens is 230 g/mol. The second-order valence-electron chi connectivity index (χ2n) is 7.28. The first-order valence-electron chi connectivity index (χ1n) is 7.51. The molecule has 0 radical (unpaired) electrons. The lowest BCUT2D eigenvalue weighted by atomic mass is 9.69. The van der Waals surface area contributed by atoms with Crippen molar-refractivity contribution in [2.24, 2.45) is 10.9 Å². The summed E-state index contributed by atoms with van der Waals surface area (Å²) in [6.07, 6.45) is 9.00. The second kappa shape index (κ2) is 2.72. The van der Waals surface area contributed by atoms with E-state index >= 15 is 0 Å². The van der Waals surface area contributed by atoms with Gasteiger partial charge < -0.3 is 0 Å². The molecule has 19 heavy (non-hydrogen) atoms. The first-order chi connectivity index (χ1) is 9.11. The summed E-state index contributed by atoms with van der Waals surface area (Å²) in [6, 6.07) is 9.15. The van der Waals surface area contributed by atoms with Crippen LogP contribution in [0.3, 0.4) is 0 Å².